The van der Waals surface area contributed by atoms with E-state index in [2.05, 4.69) is 10.6 Å². The van der Waals surface area contributed by atoms with Crippen molar-refractivity contribution in [1.29, 1.82) is 0 Å². The summed E-state index contributed by atoms with van der Waals surface area (Å²) in [7, 11) is -3.02. The van der Waals surface area contributed by atoms with E-state index in [1.165, 1.54) is 20.1 Å². The van der Waals surface area contributed by atoms with Gasteiger partial charge in [-0.05, 0) is 76.4 Å². The van der Waals surface area contributed by atoms with Crippen LogP contribution in [0.5, 0.6) is 5.75 Å². The lowest BCUT2D eigenvalue weighted by Crippen LogP contribution is -2.62. The van der Waals surface area contributed by atoms with E-state index >= 15 is 0 Å². The number of carbonyl (C=O) groups is 3. The van der Waals surface area contributed by atoms with Gasteiger partial charge in [-0.3, -0.25) is 4.79 Å². The van der Waals surface area contributed by atoms with Crippen LogP contribution in [0.25, 0.3) is 11.1 Å². The lowest BCUT2D eigenvalue weighted by atomic mass is 9.94. The molecule has 2 amide bonds. The average molecular weight is 549 g/mol. The van der Waals surface area contributed by atoms with Crippen molar-refractivity contribution in [2.24, 2.45) is 0 Å². The third-order valence-corrected chi connectivity index (χ3v) is 6.36. The molecule has 0 saturated heterocycles. The number of benzene rings is 2. The maximum absolute atomic E-state index is 12.8. The van der Waals surface area contributed by atoms with Gasteiger partial charge >= 0.3 is 12.1 Å². The highest BCUT2D eigenvalue weighted by atomic mass is 32.2. The summed E-state index contributed by atoms with van der Waals surface area (Å²) in [5, 5.41) is 14.7. The summed E-state index contributed by atoms with van der Waals surface area (Å²) in [5.74, 6) is -1.24. The number of hydrogen-bond acceptors (Lipinski definition) is 7. The highest BCUT2D eigenvalue weighted by Gasteiger charge is 2.39. The highest BCUT2D eigenvalue weighted by Crippen LogP contribution is 2.23. The monoisotopic (exact) mass is 548 g/mol. The van der Waals surface area contributed by atoms with E-state index in [-0.39, 0.29) is 17.9 Å². The summed E-state index contributed by atoms with van der Waals surface area (Å²) in [4.78, 5) is 36.9. The quantitative estimate of drug-likeness (QED) is 0.361. The first-order valence-electron chi connectivity index (χ1n) is 12.0. The van der Waals surface area contributed by atoms with E-state index in [0.717, 1.165) is 11.1 Å². The summed E-state index contributed by atoms with van der Waals surface area (Å²) in [5.41, 5.74) is -0.173. The topological polar surface area (TPSA) is 148 Å². The molecule has 2 aromatic rings. The zero-order valence-electron chi connectivity index (χ0n) is 22.5. The summed E-state index contributed by atoms with van der Waals surface area (Å²) in [6.07, 6.45) is 0.796. The first kappa shape index (κ1) is 30.6. The number of amides is 2. The first-order valence-corrected chi connectivity index (χ1v) is 14.1. The molecule has 0 aliphatic rings. The van der Waals surface area contributed by atoms with Crippen molar-refractivity contribution in [3.63, 3.8) is 0 Å². The smallest absolute Gasteiger partial charge is 0.408 e. The van der Waals surface area contributed by atoms with E-state index < -0.39 is 45.0 Å². The Balaban J connectivity index is 2.03. The minimum Gasteiger partial charge on any atom is -0.494 e. The van der Waals surface area contributed by atoms with E-state index in [4.69, 9.17) is 9.47 Å². The fraction of sp³-hybridized carbons (Fsp3) is 0.444. The Bertz CT molecular complexity index is 1230. The van der Waals surface area contributed by atoms with Crippen LogP contribution in [-0.2, 0) is 19.4 Å². The highest BCUT2D eigenvalue weighted by molar-refractivity contribution is 7.90. The van der Waals surface area contributed by atoms with Crippen molar-refractivity contribution in [2.75, 3.05) is 18.6 Å². The molecular formula is C27H36N2O8S. The van der Waals surface area contributed by atoms with Crippen LogP contribution >= 0.6 is 0 Å². The molecule has 0 saturated carbocycles. The Kier molecular flexibility index (Phi) is 9.91. The van der Waals surface area contributed by atoms with Gasteiger partial charge in [0, 0.05) is 11.8 Å². The number of rotatable bonds is 11. The predicted molar refractivity (Wildman–Crippen MR) is 144 cm³/mol. The Labute approximate surface area is 223 Å². The van der Waals surface area contributed by atoms with Crippen LogP contribution in [0, 0.1) is 0 Å². The van der Waals surface area contributed by atoms with Crippen LogP contribution in [0.1, 0.15) is 51.4 Å². The lowest BCUT2D eigenvalue weighted by molar-refractivity contribution is -0.141. The van der Waals surface area contributed by atoms with Gasteiger partial charge in [-0.25, -0.2) is 18.0 Å². The molecule has 1 unspecified atom stereocenters. The standard InChI is InChI=1S/C27H36N2O8S/c1-26(2,3)37-25(33)29-27(4,5)22(24(31)32)28-23(30)20-10-8-18(9-11-20)19-12-14-21(15-13-19)36-16-7-17-38(6,34)35/h8-15,22H,7,16-17H2,1-6H3,(H,28,30)(H,29,33)(H,31,32). The van der Waals surface area contributed by atoms with Crippen molar-refractivity contribution in [1.82, 2.24) is 10.6 Å². The molecule has 2 rings (SSSR count). The van der Waals surface area contributed by atoms with Crippen molar-refractivity contribution in [3.05, 3.63) is 54.1 Å². The molecular weight excluding hydrogens is 512 g/mol. The van der Waals surface area contributed by atoms with E-state index in [1.807, 2.05) is 12.1 Å². The van der Waals surface area contributed by atoms with Gasteiger partial charge in [0.25, 0.3) is 5.91 Å². The second kappa shape index (κ2) is 12.3. The van der Waals surface area contributed by atoms with Gasteiger partial charge in [0.15, 0.2) is 0 Å². The van der Waals surface area contributed by atoms with Crippen LogP contribution in [0.3, 0.4) is 0 Å². The minimum absolute atomic E-state index is 0.0654. The van der Waals surface area contributed by atoms with Crippen LogP contribution < -0.4 is 15.4 Å². The van der Waals surface area contributed by atoms with Crippen LogP contribution in [-0.4, -0.2) is 67.3 Å². The normalized spacial score (nSPS) is 12.8. The number of sulfone groups is 1. The van der Waals surface area contributed by atoms with Crippen molar-refractivity contribution < 1.29 is 37.4 Å². The third-order valence-electron chi connectivity index (χ3n) is 5.33. The molecule has 3 N–H and O–H groups in total. The van der Waals surface area contributed by atoms with Gasteiger partial charge in [-0.1, -0.05) is 24.3 Å². The molecule has 208 valence electrons. The fourth-order valence-electron chi connectivity index (χ4n) is 3.47. The number of alkyl carbamates (subject to hydrolysis) is 1. The maximum Gasteiger partial charge on any atom is 0.408 e. The maximum atomic E-state index is 12.8. The van der Waals surface area contributed by atoms with Crippen LogP contribution in [0.4, 0.5) is 4.79 Å². The minimum atomic E-state index is -3.02. The molecule has 2 aromatic carbocycles. The van der Waals surface area contributed by atoms with Gasteiger partial charge in [0.2, 0.25) is 0 Å². The Morgan fingerprint density at radius 2 is 1.45 bits per heavy atom. The molecule has 38 heavy (non-hydrogen) atoms. The number of aliphatic carboxylic acids is 1. The molecule has 1 atom stereocenters. The number of carbonyl (C=O) groups excluding carboxylic acids is 2. The largest absolute Gasteiger partial charge is 0.494 e. The number of ether oxygens (including phenoxy) is 2. The summed E-state index contributed by atoms with van der Waals surface area (Å²) >= 11 is 0. The number of hydrogen-bond donors (Lipinski definition) is 3. The Morgan fingerprint density at radius 1 is 0.921 bits per heavy atom. The summed E-state index contributed by atoms with van der Waals surface area (Å²) in [6.45, 7) is 8.32. The van der Waals surface area contributed by atoms with Gasteiger partial charge in [0.1, 0.15) is 27.2 Å². The molecule has 0 radical (unpaired) electrons. The van der Waals surface area contributed by atoms with E-state index in [0.29, 0.717) is 12.2 Å². The average Bonchev–Trinajstić information content (AvgIpc) is 2.78. The number of nitrogens with one attached hydrogen (secondary N) is 2. The van der Waals surface area contributed by atoms with Crippen molar-refractivity contribution in [3.8, 4) is 16.9 Å². The van der Waals surface area contributed by atoms with Crippen LogP contribution in [0.15, 0.2) is 48.5 Å². The molecule has 0 bridgehead atoms. The zero-order chi connectivity index (χ0) is 28.7. The molecule has 0 heterocycles. The molecule has 10 nitrogen and oxygen atoms in total. The van der Waals surface area contributed by atoms with E-state index in [1.54, 1.807) is 57.2 Å². The molecule has 0 aromatic heterocycles. The fourth-order valence-corrected chi connectivity index (χ4v) is 4.12. The van der Waals surface area contributed by atoms with Gasteiger partial charge < -0.3 is 25.2 Å². The van der Waals surface area contributed by atoms with Gasteiger partial charge in [-0.2, -0.15) is 0 Å². The van der Waals surface area contributed by atoms with Crippen LogP contribution in [0.2, 0.25) is 0 Å². The molecule has 11 heteroatoms. The SMILES string of the molecule is CC(C)(C)OC(=O)NC(C)(C)C(NC(=O)c1ccc(-c2ccc(OCCCS(C)(=O)=O)cc2)cc1)C(=O)O. The van der Waals surface area contributed by atoms with Gasteiger partial charge in [-0.15, -0.1) is 0 Å². The number of carboxylic acids is 1. The lowest BCUT2D eigenvalue weighted by Gasteiger charge is -2.33. The number of carboxylic acid groups (broad SMARTS) is 1. The Hall–Kier alpha value is -3.60. The first-order chi connectivity index (χ1) is 17.5. The Morgan fingerprint density at radius 3 is 1.92 bits per heavy atom. The predicted octanol–water partition coefficient (Wildman–Crippen LogP) is 3.65. The zero-order valence-corrected chi connectivity index (χ0v) is 23.3. The molecule has 0 aliphatic carbocycles. The summed E-state index contributed by atoms with van der Waals surface area (Å²) in [6, 6.07) is 12.4. The second-order valence-electron chi connectivity index (χ2n) is 10.5. The van der Waals surface area contributed by atoms with Gasteiger partial charge in [0.05, 0.1) is 17.9 Å². The molecule has 0 spiro atoms. The summed E-state index contributed by atoms with van der Waals surface area (Å²) < 4.78 is 33.2. The van der Waals surface area contributed by atoms with Crippen molar-refractivity contribution >= 4 is 27.8 Å². The van der Waals surface area contributed by atoms with E-state index in [9.17, 15) is 27.9 Å². The molecule has 0 fully saturated rings. The molecule has 0 aliphatic heterocycles. The van der Waals surface area contributed by atoms with Crippen molar-refractivity contribution in [2.45, 2.75) is 58.2 Å². The second-order valence-corrected chi connectivity index (χ2v) is 12.8. The third kappa shape index (κ3) is 10.0.